The fourth-order valence-electron chi connectivity index (χ4n) is 3.40. The number of amides is 1. The van der Waals surface area contributed by atoms with Crippen molar-refractivity contribution in [1.29, 1.82) is 0 Å². The molecule has 2 aromatic carbocycles. The third-order valence-corrected chi connectivity index (χ3v) is 4.66. The first-order valence-electron chi connectivity index (χ1n) is 8.54. The quantitative estimate of drug-likeness (QED) is 0.679. The minimum Gasteiger partial charge on any atom is -0.352 e. The van der Waals surface area contributed by atoms with Gasteiger partial charge in [-0.15, -0.1) is 0 Å². The van der Waals surface area contributed by atoms with E-state index in [-0.39, 0.29) is 23.9 Å². The lowest BCUT2D eigenvalue weighted by atomic mass is 10.0. The SMILES string of the molecule is O=C(C[C@H]1NCCc2c([nH]c3ccccc23)C1=O)Nc1ccc(F)cc1. The van der Waals surface area contributed by atoms with Crippen molar-refractivity contribution in [3.05, 3.63) is 65.6 Å². The number of hydrogen-bond acceptors (Lipinski definition) is 3. The van der Waals surface area contributed by atoms with Crippen molar-refractivity contribution in [3.8, 4) is 0 Å². The Kier molecular flexibility index (Phi) is 4.26. The number of halogens is 1. The molecule has 4 rings (SSSR count). The number of rotatable bonds is 3. The normalized spacial score (nSPS) is 17.0. The zero-order valence-electron chi connectivity index (χ0n) is 14.0. The molecule has 0 saturated heterocycles. The van der Waals surface area contributed by atoms with E-state index in [2.05, 4.69) is 15.6 Å². The summed E-state index contributed by atoms with van der Waals surface area (Å²) in [6.07, 6.45) is 0.742. The molecule has 3 aromatic rings. The van der Waals surface area contributed by atoms with Crippen LogP contribution >= 0.6 is 0 Å². The van der Waals surface area contributed by atoms with Gasteiger partial charge in [0.15, 0.2) is 5.78 Å². The third kappa shape index (κ3) is 3.11. The van der Waals surface area contributed by atoms with Crippen molar-refractivity contribution < 1.29 is 14.0 Å². The molecule has 1 amide bonds. The van der Waals surface area contributed by atoms with Crippen molar-refractivity contribution in [2.24, 2.45) is 0 Å². The van der Waals surface area contributed by atoms with Crippen LogP contribution in [0.2, 0.25) is 0 Å². The summed E-state index contributed by atoms with van der Waals surface area (Å²) in [4.78, 5) is 28.4. The van der Waals surface area contributed by atoms with Gasteiger partial charge in [0.05, 0.1) is 11.7 Å². The summed E-state index contributed by atoms with van der Waals surface area (Å²) in [6.45, 7) is 0.620. The summed E-state index contributed by atoms with van der Waals surface area (Å²) >= 11 is 0. The van der Waals surface area contributed by atoms with E-state index in [1.165, 1.54) is 24.3 Å². The summed E-state index contributed by atoms with van der Waals surface area (Å²) in [5.41, 5.74) is 3.02. The maximum Gasteiger partial charge on any atom is 0.226 e. The molecule has 0 spiro atoms. The second-order valence-corrected chi connectivity index (χ2v) is 6.40. The van der Waals surface area contributed by atoms with E-state index in [4.69, 9.17) is 0 Å². The number of Topliss-reactive ketones (excluding diaryl/α,β-unsaturated/α-hetero) is 1. The van der Waals surface area contributed by atoms with Crippen molar-refractivity contribution in [1.82, 2.24) is 10.3 Å². The number of anilines is 1. The van der Waals surface area contributed by atoms with Crippen LogP contribution in [0.3, 0.4) is 0 Å². The molecule has 5 nitrogen and oxygen atoms in total. The van der Waals surface area contributed by atoms with Crippen LogP contribution in [-0.2, 0) is 11.2 Å². The first kappa shape index (κ1) is 16.5. The molecule has 1 atom stereocenters. The second-order valence-electron chi connectivity index (χ2n) is 6.40. The molecule has 1 aliphatic rings. The van der Waals surface area contributed by atoms with Crippen molar-refractivity contribution in [3.63, 3.8) is 0 Å². The summed E-state index contributed by atoms with van der Waals surface area (Å²) < 4.78 is 13.0. The topological polar surface area (TPSA) is 74.0 Å². The van der Waals surface area contributed by atoms with Crippen LogP contribution in [0.5, 0.6) is 0 Å². The Morgan fingerprint density at radius 1 is 1.15 bits per heavy atom. The lowest BCUT2D eigenvalue weighted by Crippen LogP contribution is -2.39. The number of nitrogens with one attached hydrogen (secondary N) is 3. The van der Waals surface area contributed by atoms with Crippen molar-refractivity contribution >= 4 is 28.3 Å². The molecule has 26 heavy (non-hydrogen) atoms. The van der Waals surface area contributed by atoms with E-state index in [9.17, 15) is 14.0 Å². The summed E-state index contributed by atoms with van der Waals surface area (Å²) in [5, 5.41) is 6.91. The number of aromatic nitrogens is 1. The molecule has 0 bridgehead atoms. The molecule has 132 valence electrons. The van der Waals surface area contributed by atoms with E-state index in [1.54, 1.807) is 0 Å². The number of carbonyl (C=O) groups is 2. The highest BCUT2D eigenvalue weighted by molar-refractivity contribution is 6.07. The van der Waals surface area contributed by atoms with Gasteiger partial charge in [-0.05, 0) is 48.9 Å². The minimum absolute atomic E-state index is 0.0189. The first-order chi connectivity index (χ1) is 12.6. The number of para-hydroxylation sites is 1. The van der Waals surface area contributed by atoms with Gasteiger partial charge in [0.2, 0.25) is 5.91 Å². The highest BCUT2D eigenvalue weighted by Crippen LogP contribution is 2.26. The molecule has 1 aliphatic heterocycles. The highest BCUT2D eigenvalue weighted by Gasteiger charge is 2.29. The van der Waals surface area contributed by atoms with Gasteiger partial charge in [-0.25, -0.2) is 4.39 Å². The van der Waals surface area contributed by atoms with Gasteiger partial charge < -0.3 is 15.6 Å². The summed E-state index contributed by atoms with van der Waals surface area (Å²) in [7, 11) is 0. The van der Waals surface area contributed by atoms with Gasteiger partial charge in [-0.1, -0.05) is 18.2 Å². The van der Waals surface area contributed by atoms with Crippen LogP contribution in [0.1, 0.15) is 22.5 Å². The average molecular weight is 351 g/mol. The van der Waals surface area contributed by atoms with Crippen molar-refractivity contribution in [2.75, 3.05) is 11.9 Å². The lowest BCUT2D eigenvalue weighted by Gasteiger charge is -2.14. The van der Waals surface area contributed by atoms with Gasteiger partial charge in [-0.2, -0.15) is 0 Å². The van der Waals surface area contributed by atoms with Crippen LogP contribution in [0, 0.1) is 5.82 Å². The second kappa shape index (κ2) is 6.72. The molecule has 0 fully saturated rings. The van der Waals surface area contributed by atoms with E-state index >= 15 is 0 Å². The molecule has 0 radical (unpaired) electrons. The molecular formula is C20H18FN3O2. The Labute approximate surface area is 149 Å². The largest absolute Gasteiger partial charge is 0.352 e. The van der Waals surface area contributed by atoms with Gasteiger partial charge in [0.1, 0.15) is 5.82 Å². The number of aromatic amines is 1. The van der Waals surface area contributed by atoms with Gasteiger partial charge >= 0.3 is 0 Å². The number of hydrogen-bond donors (Lipinski definition) is 3. The number of ketones is 1. The number of fused-ring (bicyclic) bond motifs is 3. The van der Waals surface area contributed by atoms with Crippen LogP contribution in [0.4, 0.5) is 10.1 Å². The highest BCUT2D eigenvalue weighted by atomic mass is 19.1. The zero-order valence-corrected chi connectivity index (χ0v) is 14.0. The molecule has 0 aliphatic carbocycles. The molecular weight excluding hydrogens is 333 g/mol. The predicted octanol–water partition coefficient (Wildman–Crippen LogP) is 3.03. The number of carbonyl (C=O) groups excluding carboxylic acids is 2. The molecule has 0 unspecified atom stereocenters. The van der Waals surface area contributed by atoms with E-state index in [1.807, 2.05) is 24.3 Å². The number of H-pyrrole nitrogens is 1. The van der Waals surface area contributed by atoms with Crippen LogP contribution in [0.25, 0.3) is 10.9 Å². The smallest absolute Gasteiger partial charge is 0.226 e. The van der Waals surface area contributed by atoms with Crippen molar-refractivity contribution in [2.45, 2.75) is 18.9 Å². The third-order valence-electron chi connectivity index (χ3n) is 4.66. The molecule has 3 N–H and O–H groups in total. The number of benzene rings is 2. The van der Waals surface area contributed by atoms with Crippen LogP contribution < -0.4 is 10.6 Å². The van der Waals surface area contributed by atoms with E-state index < -0.39 is 6.04 Å². The zero-order chi connectivity index (χ0) is 18.1. The van der Waals surface area contributed by atoms with Crippen LogP contribution in [0.15, 0.2) is 48.5 Å². The Hall–Kier alpha value is -2.99. The molecule has 1 aromatic heterocycles. The van der Waals surface area contributed by atoms with Gasteiger partial charge in [-0.3, -0.25) is 9.59 Å². The summed E-state index contributed by atoms with van der Waals surface area (Å²) in [5.74, 6) is -0.764. The van der Waals surface area contributed by atoms with Gasteiger partial charge in [0.25, 0.3) is 0 Å². The maximum atomic E-state index is 13.0. The Morgan fingerprint density at radius 3 is 2.73 bits per heavy atom. The summed E-state index contributed by atoms with van der Waals surface area (Å²) in [6, 6.07) is 12.8. The molecule has 6 heteroatoms. The Bertz CT molecular complexity index is 978. The average Bonchev–Trinajstić information content (AvgIpc) is 2.94. The predicted molar refractivity (Wildman–Crippen MR) is 97.8 cm³/mol. The Balaban J connectivity index is 1.53. The van der Waals surface area contributed by atoms with Gasteiger partial charge in [0, 0.05) is 23.0 Å². The molecule has 2 heterocycles. The fraction of sp³-hybridized carbons (Fsp3) is 0.200. The first-order valence-corrected chi connectivity index (χ1v) is 8.54. The Morgan fingerprint density at radius 2 is 1.92 bits per heavy atom. The monoisotopic (exact) mass is 351 g/mol. The lowest BCUT2D eigenvalue weighted by molar-refractivity contribution is -0.116. The minimum atomic E-state index is -0.593. The fourth-order valence-corrected chi connectivity index (χ4v) is 3.40. The molecule has 0 saturated carbocycles. The van der Waals surface area contributed by atoms with E-state index in [0.29, 0.717) is 17.9 Å². The standard InChI is InChI=1S/C20H18FN3O2/c21-12-5-7-13(8-6-12)23-18(25)11-17-20(26)19-15(9-10-22-17)14-3-1-2-4-16(14)24-19/h1-8,17,22,24H,9-11H2,(H,23,25)/t17-/m1/s1. The van der Waals surface area contributed by atoms with E-state index in [0.717, 1.165) is 22.9 Å². The van der Waals surface area contributed by atoms with Crippen LogP contribution in [-0.4, -0.2) is 29.3 Å². The maximum absolute atomic E-state index is 13.0.